The normalized spacial score (nSPS) is 13.2. The minimum atomic E-state index is -0.813. The molecule has 0 saturated carbocycles. The molecule has 0 spiro atoms. The zero-order valence-electron chi connectivity index (χ0n) is 8.29. The van der Waals surface area contributed by atoms with Gasteiger partial charge in [0.05, 0.1) is 0 Å². The van der Waals surface area contributed by atoms with Crippen molar-refractivity contribution < 1.29 is 15.0 Å². The molecule has 0 aromatic heterocycles. The van der Waals surface area contributed by atoms with E-state index in [0.29, 0.717) is 25.3 Å². The lowest BCUT2D eigenvalue weighted by atomic mass is 10.0. The Labute approximate surface area is 79.0 Å². The van der Waals surface area contributed by atoms with Gasteiger partial charge in [0.25, 0.3) is 0 Å². The molecule has 0 amide bonds. The summed E-state index contributed by atoms with van der Waals surface area (Å²) in [6.07, 6.45) is 1.22. The van der Waals surface area contributed by atoms with Crippen LogP contribution in [0.5, 0.6) is 0 Å². The second-order valence-electron chi connectivity index (χ2n) is 3.55. The van der Waals surface area contributed by atoms with Gasteiger partial charge in [0, 0.05) is 6.61 Å². The fraction of sp³-hybridized carbons (Fsp3) is 0.889. The van der Waals surface area contributed by atoms with Gasteiger partial charge in [0.2, 0.25) is 0 Å². The molecular weight excluding hydrogens is 170 g/mol. The zero-order valence-corrected chi connectivity index (χ0v) is 8.29. The van der Waals surface area contributed by atoms with Crippen LogP contribution in [0.25, 0.3) is 0 Å². The molecule has 0 aliphatic rings. The molecule has 13 heavy (non-hydrogen) atoms. The summed E-state index contributed by atoms with van der Waals surface area (Å²) in [4.78, 5) is 10.7. The van der Waals surface area contributed by atoms with Crippen LogP contribution in [-0.2, 0) is 4.79 Å². The van der Waals surface area contributed by atoms with Crippen molar-refractivity contribution in [3.8, 4) is 0 Å². The summed E-state index contributed by atoms with van der Waals surface area (Å²) < 4.78 is 0. The van der Waals surface area contributed by atoms with Gasteiger partial charge >= 0.3 is 5.97 Å². The van der Waals surface area contributed by atoms with Crippen LogP contribution in [0.3, 0.4) is 0 Å². The molecular formula is C9H19NO3. The molecule has 0 rings (SSSR count). The molecule has 4 nitrogen and oxygen atoms in total. The molecule has 0 bridgehead atoms. The number of aliphatic carboxylic acids is 1. The fourth-order valence-electron chi connectivity index (χ4n) is 1.10. The summed E-state index contributed by atoms with van der Waals surface area (Å²) in [5, 5.41) is 20.2. The third kappa shape index (κ3) is 6.54. The Morgan fingerprint density at radius 1 is 1.46 bits per heavy atom. The van der Waals surface area contributed by atoms with Crippen LogP contribution in [0.1, 0.15) is 26.7 Å². The molecule has 78 valence electrons. The number of hydrogen-bond donors (Lipinski definition) is 3. The summed E-state index contributed by atoms with van der Waals surface area (Å²) in [6, 6.07) is -0.480. The highest BCUT2D eigenvalue weighted by molar-refractivity contribution is 5.73. The van der Waals surface area contributed by atoms with E-state index in [1.54, 1.807) is 0 Å². The Balaban J connectivity index is 3.74. The maximum Gasteiger partial charge on any atom is 0.320 e. The Kier molecular flexibility index (Phi) is 6.54. The number of carbonyl (C=O) groups is 1. The largest absolute Gasteiger partial charge is 0.480 e. The first kappa shape index (κ1) is 12.4. The SMILES string of the molecule is CC(C)C[C@H](NCCCO)C(=O)O. The van der Waals surface area contributed by atoms with Gasteiger partial charge in [-0.2, -0.15) is 0 Å². The van der Waals surface area contributed by atoms with Crippen molar-refractivity contribution in [2.24, 2.45) is 5.92 Å². The Morgan fingerprint density at radius 3 is 2.46 bits per heavy atom. The summed E-state index contributed by atoms with van der Waals surface area (Å²) in [5.74, 6) is -0.450. The van der Waals surface area contributed by atoms with Crippen molar-refractivity contribution in [3.63, 3.8) is 0 Å². The summed E-state index contributed by atoms with van der Waals surface area (Å²) in [7, 11) is 0. The molecule has 0 aliphatic carbocycles. The molecule has 0 aromatic rings. The number of rotatable bonds is 7. The van der Waals surface area contributed by atoms with Crippen molar-refractivity contribution in [2.45, 2.75) is 32.7 Å². The Morgan fingerprint density at radius 2 is 2.08 bits per heavy atom. The van der Waals surface area contributed by atoms with Crippen LogP contribution in [0.15, 0.2) is 0 Å². The standard InChI is InChI=1S/C9H19NO3/c1-7(2)6-8(9(12)13)10-4-3-5-11/h7-8,10-11H,3-6H2,1-2H3,(H,12,13)/t8-/m0/s1. The van der Waals surface area contributed by atoms with Gasteiger partial charge in [0.1, 0.15) is 6.04 Å². The third-order valence-electron chi connectivity index (χ3n) is 1.73. The number of carboxylic acids is 1. The van der Waals surface area contributed by atoms with E-state index in [1.165, 1.54) is 0 Å². The van der Waals surface area contributed by atoms with Gasteiger partial charge in [-0.1, -0.05) is 13.8 Å². The van der Waals surface area contributed by atoms with Crippen LogP contribution in [-0.4, -0.2) is 35.4 Å². The van der Waals surface area contributed by atoms with E-state index in [1.807, 2.05) is 13.8 Å². The number of hydrogen-bond acceptors (Lipinski definition) is 3. The van der Waals surface area contributed by atoms with E-state index in [-0.39, 0.29) is 6.61 Å². The predicted octanol–water partition coefficient (Wildman–Crippen LogP) is 0.458. The smallest absolute Gasteiger partial charge is 0.320 e. The van der Waals surface area contributed by atoms with Crippen molar-refractivity contribution in [2.75, 3.05) is 13.2 Å². The number of aliphatic hydroxyl groups is 1. The van der Waals surface area contributed by atoms with Crippen LogP contribution >= 0.6 is 0 Å². The van der Waals surface area contributed by atoms with Crippen molar-refractivity contribution in [3.05, 3.63) is 0 Å². The maximum absolute atomic E-state index is 10.7. The Bertz CT molecular complexity index is 148. The highest BCUT2D eigenvalue weighted by Gasteiger charge is 2.17. The van der Waals surface area contributed by atoms with Crippen LogP contribution in [0, 0.1) is 5.92 Å². The molecule has 4 heteroatoms. The van der Waals surface area contributed by atoms with Gasteiger partial charge in [-0.15, -0.1) is 0 Å². The molecule has 0 aromatic carbocycles. The van der Waals surface area contributed by atoms with Crippen LogP contribution in [0.4, 0.5) is 0 Å². The lowest BCUT2D eigenvalue weighted by molar-refractivity contribution is -0.139. The monoisotopic (exact) mass is 189 g/mol. The third-order valence-corrected chi connectivity index (χ3v) is 1.73. The maximum atomic E-state index is 10.7. The lowest BCUT2D eigenvalue weighted by Gasteiger charge is -2.15. The van der Waals surface area contributed by atoms with Gasteiger partial charge in [-0.3, -0.25) is 4.79 Å². The van der Waals surface area contributed by atoms with Crippen LogP contribution < -0.4 is 5.32 Å². The fourth-order valence-corrected chi connectivity index (χ4v) is 1.10. The first-order valence-electron chi connectivity index (χ1n) is 4.65. The number of nitrogens with one attached hydrogen (secondary N) is 1. The number of aliphatic hydroxyl groups excluding tert-OH is 1. The van der Waals surface area contributed by atoms with Crippen LogP contribution in [0.2, 0.25) is 0 Å². The summed E-state index contributed by atoms with van der Waals surface area (Å²) >= 11 is 0. The lowest BCUT2D eigenvalue weighted by Crippen LogP contribution is -2.38. The van der Waals surface area contributed by atoms with E-state index < -0.39 is 12.0 Å². The summed E-state index contributed by atoms with van der Waals surface area (Å²) in [5.41, 5.74) is 0. The van der Waals surface area contributed by atoms with E-state index in [4.69, 9.17) is 10.2 Å². The van der Waals surface area contributed by atoms with Crippen molar-refractivity contribution in [1.29, 1.82) is 0 Å². The van der Waals surface area contributed by atoms with Gasteiger partial charge < -0.3 is 15.5 Å². The average Bonchev–Trinajstić information content (AvgIpc) is 2.02. The molecule has 0 aliphatic heterocycles. The van der Waals surface area contributed by atoms with Crippen molar-refractivity contribution in [1.82, 2.24) is 5.32 Å². The van der Waals surface area contributed by atoms with Crippen molar-refractivity contribution >= 4 is 5.97 Å². The molecule has 0 unspecified atom stereocenters. The molecule has 0 radical (unpaired) electrons. The van der Waals surface area contributed by atoms with E-state index in [0.717, 1.165) is 0 Å². The molecule has 0 heterocycles. The molecule has 3 N–H and O–H groups in total. The van der Waals surface area contributed by atoms with Gasteiger partial charge in [-0.25, -0.2) is 0 Å². The second kappa shape index (κ2) is 6.86. The highest BCUT2D eigenvalue weighted by Crippen LogP contribution is 2.04. The molecule has 0 saturated heterocycles. The molecule has 1 atom stereocenters. The van der Waals surface area contributed by atoms with E-state index >= 15 is 0 Å². The molecule has 0 fully saturated rings. The zero-order chi connectivity index (χ0) is 10.3. The van der Waals surface area contributed by atoms with Gasteiger partial charge in [-0.05, 0) is 25.3 Å². The highest BCUT2D eigenvalue weighted by atomic mass is 16.4. The minimum absolute atomic E-state index is 0.0982. The Hall–Kier alpha value is -0.610. The first-order chi connectivity index (χ1) is 6.07. The quantitative estimate of drug-likeness (QED) is 0.509. The predicted molar refractivity (Wildman–Crippen MR) is 50.6 cm³/mol. The first-order valence-corrected chi connectivity index (χ1v) is 4.65. The second-order valence-corrected chi connectivity index (χ2v) is 3.55. The topological polar surface area (TPSA) is 69.6 Å². The van der Waals surface area contributed by atoms with Gasteiger partial charge in [0.15, 0.2) is 0 Å². The number of carboxylic acid groups (broad SMARTS) is 1. The van der Waals surface area contributed by atoms with E-state index in [2.05, 4.69) is 5.32 Å². The average molecular weight is 189 g/mol. The minimum Gasteiger partial charge on any atom is -0.480 e. The summed E-state index contributed by atoms with van der Waals surface area (Å²) in [6.45, 7) is 4.63. The van der Waals surface area contributed by atoms with E-state index in [9.17, 15) is 4.79 Å².